The molecule has 4 nitrogen and oxygen atoms in total. The summed E-state index contributed by atoms with van der Waals surface area (Å²) in [6.07, 6.45) is 0.916. The Hall–Kier alpha value is -2.59. The van der Waals surface area contributed by atoms with Gasteiger partial charge in [-0.05, 0) is 55.1 Å². The quantitative estimate of drug-likeness (QED) is 0.729. The molecule has 0 saturated carbocycles. The van der Waals surface area contributed by atoms with E-state index in [2.05, 4.69) is 47.1 Å². The number of rotatable bonds is 6. The van der Waals surface area contributed by atoms with E-state index in [0.717, 1.165) is 36.1 Å². The van der Waals surface area contributed by atoms with Crippen molar-refractivity contribution >= 4 is 16.9 Å². The van der Waals surface area contributed by atoms with Crippen LogP contribution in [0.25, 0.3) is 10.9 Å². The zero-order valence-corrected chi connectivity index (χ0v) is 14.0. The number of aryl methyl sites for hydroxylation is 3. The summed E-state index contributed by atoms with van der Waals surface area (Å²) in [5, 5.41) is 13.5. The molecule has 0 spiro atoms. The van der Waals surface area contributed by atoms with Gasteiger partial charge in [-0.25, -0.2) is 4.79 Å². The third-order valence-electron chi connectivity index (χ3n) is 4.35. The highest BCUT2D eigenvalue weighted by Crippen LogP contribution is 2.22. The van der Waals surface area contributed by atoms with Gasteiger partial charge in [0.05, 0.1) is 5.56 Å². The van der Waals surface area contributed by atoms with Crippen molar-refractivity contribution in [1.82, 2.24) is 9.88 Å². The summed E-state index contributed by atoms with van der Waals surface area (Å²) in [4.78, 5) is 11.2. The first kappa shape index (κ1) is 16.3. The smallest absolute Gasteiger partial charge is 0.335 e. The summed E-state index contributed by atoms with van der Waals surface area (Å²) in [5.41, 5.74) is 5.03. The van der Waals surface area contributed by atoms with Gasteiger partial charge in [0.15, 0.2) is 0 Å². The van der Waals surface area contributed by atoms with E-state index in [1.54, 1.807) is 12.1 Å². The van der Waals surface area contributed by atoms with E-state index in [9.17, 15) is 9.90 Å². The van der Waals surface area contributed by atoms with Crippen LogP contribution in [-0.2, 0) is 19.5 Å². The van der Waals surface area contributed by atoms with Gasteiger partial charge >= 0.3 is 5.97 Å². The van der Waals surface area contributed by atoms with Gasteiger partial charge in [-0.15, -0.1) is 0 Å². The maximum atomic E-state index is 11.2. The lowest BCUT2D eigenvalue weighted by Crippen LogP contribution is -2.07. The fourth-order valence-corrected chi connectivity index (χ4v) is 3.16. The number of carboxylic acid groups (broad SMARTS) is 1. The first-order valence-corrected chi connectivity index (χ1v) is 8.14. The zero-order valence-electron chi connectivity index (χ0n) is 14.0. The largest absolute Gasteiger partial charge is 0.478 e. The van der Waals surface area contributed by atoms with E-state index in [0.29, 0.717) is 5.56 Å². The van der Waals surface area contributed by atoms with Gasteiger partial charge in [-0.1, -0.05) is 30.3 Å². The van der Waals surface area contributed by atoms with Crippen LogP contribution in [0.5, 0.6) is 0 Å². The van der Waals surface area contributed by atoms with Gasteiger partial charge < -0.3 is 15.0 Å². The molecular weight excluding hydrogens is 300 g/mol. The van der Waals surface area contributed by atoms with Crippen molar-refractivity contribution in [2.24, 2.45) is 0 Å². The molecule has 24 heavy (non-hydrogen) atoms. The van der Waals surface area contributed by atoms with E-state index in [4.69, 9.17) is 0 Å². The summed E-state index contributed by atoms with van der Waals surface area (Å²) in [6.45, 7) is 3.76. The van der Waals surface area contributed by atoms with Crippen LogP contribution in [-0.4, -0.2) is 22.7 Å². The Morgan fingerprint density at radius 2 is 1.92 bits per heavy atom. The molecule has 0 fully saturated rings. The lowest BCUT2D eigenvalue weighted by Gasteiger charge is -2.10. The summed E-state index contributed by atoms with van der Waals surface area (Å²) in [6, 6.07) is 16.0. The zero-order chi connectivity index (χ0) is 17.1. The monoisotopic (exact) mass is 322 g/mol. The van der Waals surface area contributed by atoms with Crippen LogP contribution in [0.2, 0.25) is 0 Å². The van der Waals surface area contributed by atoms with Crippen LogP contribution in [0.3, 0.4) is 0 Å². The predicted octanol–water partition coefficient (Wildman–Crippen LogP) is 3.61. The number of hydrogen-bond donors (Lipinski definition) is 2. The molecule has 0 atom stereocenters. The summed E-state index contributed by atoms with van der Waals surface area (Å²) >= 11 is 0. The standard InChI is InChI=1S/C20H22N2O2/c1-14-10-17-6-7-18(20(23)24)12-19(17)22(14)9-8-15-4-3-5-16(11-15)13-21-2/h3-7,10-12,21H,8-9,13H2,1-2H3,(H,23,24). The van der Waals surface area contributed by atoms with Crippen molar-refractivity contribution in [2.75, 3.05) is 7.05 Å². The molecule has 0 radical (unpaired) electrons. The minimum Gasteiger partial charge on any atom is -0.478 e. The molecule has 3 aromatic rings. The molecule has 0 amide bonds. The molecule has 2 N–H and O–H groups in total. The van der Waals surface area contributed by atoms with Crippen molar-refractivity contribution in [3.63, 3.8) is 0 Å². The van der Waals surface area contributed by atoms with Crippen molar-refractivity contribution < 1.29 is 9.90 Å². The van der Waals surface area contributed by atoms with Crippen LogP contribution in [0.15, 0.2) is 48.5 Å². The SMILES string of the molecule is CNCc1cccc(CCn2c(C)cc3ccc(C(=O)O)cc32)c1. The molecule has 0 aliphatic carbocycles. The Morgan fingerprint density at radius 3 is 2.67 bits per heavy atom. The third kappa shape index (κ3) is 3.34. The van der Waals surface area contributed by atoms with Crippen molar-refractivity contribution in [3.8, 4) is 0 Å². The number of aromatic carboxylic acids is 1. The van der Waals surface area contributed by atoms with Gasteiger partial charge in [0.2, 0.25) is 0 Å². The van der Waals surface area contributed by atoms with E-state index in [1.165, 1.54) is 11.1 Å². The van der Waals surface area contributed by atoms with Crippen molar-refractivity contribution in [2.45, 2.75) is 26.4 Å². The average molecular weight is 322 g/mol. The summed E-state index contributed by atoms with van der Waals surface area (Å²) in [7, 11) is 1.95. The first-order chi connectivity index (χ1) is 11.6. The van der Waals surface area contributed by atoms with Gasteiger partial charge in [0.1, 0.15) is 0 Å². The fraction of sp³-hybridized carbons (Fsp3) is 0.250. The molecule has 0 aliphatic heterocycles. The van der Waals surface area contributed by atoms with Crippen LogP contribution < -0.4 is 5.32 Å². The molecule has 0 unspecified atom stereocenters. The molecule has 0 saturated heterocycles. The minimum atomic E-state index is -0.887. The van der Waals surface area contributed by atoms with Crippen molar-refractivity contribution in [3.05, 3.63) is 70.9 Å². The molecule has 1 aromatic heterocycles. The van der Waals surface area contributed by atoms with E-state index >= 15 is 0 Å². The molecular formula is C20H22N2O2. The number of nitrogens with zero attached hydrogens (tertiary/aromatic N) is 1. The molecule has 124 valence electrons. The van der Waals surface area contributed by atoms with E-state index in [-0.39, 0.29) is 0 Å². The minimum absolute atomic E-state index is 0.331. The topological polar surface area (TPSA) is 54.3 Å². The second-order valence-electron chi connectivity index (χ2n) is 6.12. The Balaban J connectivity index is 1.87. The number of benzene rings is 2. The Morgan fingerprint density at radius 1 is 1.12 bits per heavy atom. The Kier molecular flexibility index (Phi) is 4.67. The number of fused-ring (bicyclic) bond motifs is 1. The highest BCUT2D eigenvalue weighted by Gasteiger charge is 2.10. The number of carbonyl (C=O) groups is 1. The van der Waals surface area contributed by atoms with Crippen molar-refractivity contribution in [1.29, 1.82) is 0 Å². The fourth-order valence-electron chi connectivity index (χ4n) is 3.16. The van der Waals surface area contributed by atoms with Crippen LogP contribution in [0, 0.1) is 6.92 Å². The number of aromatic nitrogens is 1. The predicted molar refractivity (Wildman–Crippen MR) is 96.5 cm³/mol. The first-order valence-electron chi connectivity index (χ1n) is 8.14. The highest BCUT2D eigenvalue weighted by atomic mass is 16.4. The van der Waals surface area contributed by atoms with Gasteiger partial charge in [0.25, 0.3) is 0 Å². The van der Waals surface area contributed by atoms with E-state index in [1.807, 2.05) is 13.1 Å². The van der Waals surface area contributed by atoms with Gasteiger partial charge in [0, 0.05) is 24.3 Å². The second kappa shape index (κ2) is 6.89. The number of nitrogens with one attached hydrogen (secondary N) is 1. The third-order valence-corrected chi connectivity index (χ3v) is 4.35. The average Bonchev–Trinajstić information content (AvgIpc) is 2.88. The molecule has 0 aliphatic rings. The molecule has 3 rings (SSSR count). The number of carboxylic acids is 1. The summed E-state index contributed by atoms with van der Waals surface area (Å²) < 4.78 is 2.20. The molecule has 2 aromatic carbocycles. The maximum absolute atomic E-state index is 11.2. The van der Waals surface area contributed by atoms with Crippen LogP contribution >= 0.6 is 0 Å². The molecule has 4 heteroatoms. The van der Waals surface area contributed by atoms with Crippen LogP contribution in [0.4, 0.5) is 0 Å². The Labute approximate surface area is 141 Å². The number of hydrogen-bond acceptors (Lipinski definition) is 2. The lowest BCUT2D eigenvalue weighted by molar-refractivity contribution is 0.0697. The van der Waals surface area contributed by atoms with Crippen LogP contribution in [0.1, 0.15) is 27.2 Å². The maximum Gasteiger partial charge on any atom is 0.335 e. The summed E-state index contributed by atoms with van der Waals surface area (Å²) in [5.74, 6) is -0.887. The van der Waals surface area contributed by atoms with Gasteiger partial charge in [-0.2, -0.15) is 0 Å². The second-order valence-corrected chi connectivity index (χ2v) is 6.12. The van der Waals surface area contributed by atoms with Gasteiger partial charge in [-0.3, -0.25) is 0 Å². The highest BCUT2D eigenvalue weighted by molar-refractivity contribution is 5.93. The molecule has 1 heterocycles. The lowest BCUT2D eigenvalue weighted by atomic mass is 10.1. The van der Waals surface area contributed by atoms with E-state index < -0.39 is 5.97 Å². The Bertz CT molecular complexity index is 880. The normalized spacial score (nSPS) is 11.1. The molecule has 0 bridgehead atoms.